The molecule has 92 valence electrons. The van der Waals surface area contributed by atoms with Gasteiger partial charge in [0.2, 0.25) is 6.41 Å². The van der Waals surface area contributed by atoms with E-state index in [0.717, 1.165) is 6.07 Å². The molecule has 0 aromatic carbocycles. The number of anilines is 1. The van der Waals surface area contributed by atoms with E-state index in [4.69, 9.17) is 0 Å². The molecule has 0 radical (unpaired) electrons. The molecule has 1 aromatic rings. The van der Waals surface area contributed by atoms with Gasteiger partial charge in [-0.05, 0) is 12.1 Å². The van der Waals surface area contributed by atoms with Crippen LogP contribution in [0.1, 0.15) is 25.2 Å². The number of alkyl halides is 3. The van der Waals surface area contributed by atoms with Crippen LogP contribution in [0, 0.1) is 0 Å². The van der Waals surface area contributed by atoms with E-state index < -0.39 is 17.3 Å². The van der Waals surface area contributed by atoms with Crippen molar-refractivity contribution in [2.75, 3.05) is 11.4 Å². The molecule has 0 atom stereocenters. The molecule has 0 saturated carbocycles. The lowest BCUT2D eigenvalue weighted by Gasteiger charge is -2.17. The number of nitrogens with zero attached hydrogens (tertiary/aromatic N) is 2. The number of halogens is 3. The summed E-state index contributed by atoms with van der Waals surface area (Å²) in [6.07, 6.45) is -3.85. The number of carbonyl (C=O) groups is 1. The van der Waals surface area contributed by atoms with Gasteiger partial charge in [0.1, 0.15) is 5.69 Å². The average Bonchev–Trinajstić information content (AvgIpc) is 2.49. The molecule has 2 heterocycles. The van der Waals surface area contributed by atoms with Gasteiger partial charge in [0.25, 0.3) is 0 Å². The van der Waals surface area contributed by atoms with Crippen LogP contribution in [0.25, 0.3) is 0 Å². The van der Waals surface area contributed by atoms with Gasteiger partial charge in [-0.2, -0.15) is 13.2 Å². The topological polar surface area (TPSA) is 33.2 Å². The van der Waals surface area contributed by atoms with Crippen molar-refractivity contribution in [1.82, 2.24) is 4.98 Å². The first-order chi connectivity index (χ1) is 7.75. The highest BCUT2D eigenvalue weighted by molar-refractivity contribution is 5.80. The fraction of sp³-hybridized carbons (Fsp3) is 0.455. The normalized spacial score (nSPS) is 18.1. The second-order valence-electron chi connectivity index (χ2n) is 4.68. The highest BCUT2D eigenvalue weighted by atomic mass is 19.4. The molecule has 0 bridgehead atoms. The van der Waals surface area contributed by atoms with Crippen LogP contribution in [0.2, 0.25) is 0 Å². The molecular formula is C11H11F3N2O. The molecule has 1 amide bonds. The number of carbonyl (C=O) groups excluding carboxylic acids is 1. The van der Waals surface area contributed by atoms with Crippen molar-refractivity contribution >= 4 is 12.1 Å². The van der Waals surface area contributed by atoms with Gasteiger partial charge in [-0.25, -0.2) is 4.98 Å². The first-order valence-corrected chi connectivity index (χ1v) is 5.06. The van der Waals surface area contributed by atoms with Gasteiger partial charge >= 0.3 is 6.18 Å². The molecule has 0 spiro atoms. The van der Waals surface area contributed by atoms with Crippen LogP contribution in [0.4, 0.5) is 18.9 Å². The van der Waals surface area contributed by atoms with Gasteiger partial charge in [0.15, 0.2) is 0 Å². The Balaban J connectivity index is 2.56. The van der Waals surface area contributed by atoms with E-state index in [1.165, 1.54) is 11.0 Å². The summed E-state index contributed by atoms with van der Waals surface area (Å²) in [7, 11) is 0. The highest BCUT2D eigenvalue weighted by Crippen LogP contribution is 2.40. The van der Waals surface area contributed by atoms with Crippen LogP contribution >= 0.6 is 0 Å². The third-order valence-corrected chi connectivity index (χ3v) is 2.81. The maximum atomic E-state index is 12.5. The third kappa shape index (κ3) is 1.87. The number of rotatable bonds is 1. The molecule has 6 heteroatoms. The predicted octanol–water partition coefficient (Wildman–Crippen LogP) is 2.35. The Morgan fingerprint density at radius 2 is 2.06 bits per heavy atom. The molecule has 0 aliphatic carbocycles. The van der Waals surface area contributed by atoms with Gasteiger partial charge in [-0.15, -0.1) is 0 Å². The smallest absolute Gasteiger partial charge is 0.312 e. The van der Waals surface area contributed by atoms with Crippen LogP contribution in [-0.4, -0.2) is 17.9 Å². The number of fused-ring (bicyclic) bond motifs is 1. The molecular weight excluding hydrogens is 233 g/mol. The van der Waals surface area contributed by atoms with Gasteiger partial charge in [0, 0.05) is 12.0 Å². The van der Waals surface area contributed by atoms with Gasteiger partial charge < -0.3 is 4.90 Å². The van der Waals surface area contributed by atoms with E-state index in [0.29, 0.717) is 24.3 Å². The second kappa shape index (κ2) is 3.45. The largest absolute Gasteiger partial charge is 0.433 e. The zero-order valence-electron chi connectivity index (χ0n) is 9.38. The minimum atomic E-state index is -4.46. The quantitative estimate of drug-likeness (QED) is 0.710. The Hall–Kier alpha value is -1.59. The van der Waals surface area contributed by atoms with E-state index in [2.05, 4.69) is 4.98 Å². The van der Waals surface area contributed by atoms with Crippen molar-refractivity contribution in [2.45, 2.75) is 25.4 Å². The molecule has 3 nitrogen and oxygen atoms in total. The first-order valence-electron chi connectivity index (χ1n) is 5.06. The van der Waals surface area contributed by atoms with Crippen molar-refractivity contribution in [2.24, 2.45) is 0 Å². The first kappa shape index (κ1) is 11.9. The van der Waals surface area contributed by atoms with Gasteiger partial charge in [0.05, 0.1) is 11.4 Å². The molecule has 1 aromatic heterocycles. The summed E-state index contributed by atoms with van der Waals surface area (Å²) in [6.45, 7) is 3.88. The zero-order chi connectivity index (χ0) is 12.8. The lowest BCUT2D eigenvalue weighted by atomic mass is 9.91. The highest BCUT2D eigenvalue weighted by Gasteiger charge is 2.40. The number of pyridine rings is 1. The Morgan fingerprint density at radius 1 is 1.41 bits per heavy atom. The Bertz CT molecular complexity index is 468. The molecule has 0 saturated heterocycles. The summed E-state index contributed by atoms with van der Waals surface area (Å²) in [6, 6.07) is 2.20. The summed E-state index contributed by atoms with van der Waals surface area (Å²) < 4.78 is 37.6. The summed E-state index contributed by atoms with van der Waals surface area (Å²) in [4.78, 5) is 15.8. The van der Waals surface area contributed by atoms with Crippen molar-refractivity contribution in [1.29, 1.82) is 0 Å². The van der Waals surface area contributed by atoms with Crippen molar-refractivity contribution in [3.63, 3.8) is 0 Å². The molecule has 2 rings (SSSR count). The van der Waals surface area contributed by atoms with Crippen LogP contribution in [-0.2, 0) is 16.4 Å². The van der Waals surface area contributed by atoms with Crippen LogP contribution in [0.5, 0.6) is 0 Å². The lowest BCUT2D eigenvalue weighted by molar-refractivity contribution is -0.141. The third-order valence-electron chi connectivity index (χ3n) is 2.81. The fourth-order valence-electron chi connectivity index (χ4n) is 2.02. The lowest BCUT2D eigenvalue weighted by Crippen LogP contribution is -2.27. The van der Waals surface area contributed by atoms with E-state index in [1.54, 1.807) is 13.8 Å². The number of amides is 1. The van der Waals surface area contributed by atoms with Crippen molar-refractivity contribution < 1.29 is 18.0 Å². The summed E-state index contributed by atoms with van der Waals surface area (Å²) in [5.41, 5.74) is -0.702. The van der Waals surface area contributed by atoms with Gasteiger partial charge in [-0.3, -0.25) is 4.79 Å². The second-order valence-corrected chi connectivity index (χ2v) is 4.68. The Kier molecular flexibility index (Phi) is 2.41. The Labute approximate surface area is 96.3 Å². The SMILES string of the molecule is CC1(C)CN(C=O)c2ccc(C(F)(F)F)nc21. The Morgan fingerprint density at radius 3 is 2.59 bits per heavy atom. The summed E-state index contributed by atoms with van der Waals surface area (Å²) in [5.74, 6) is 0. The van der Waals surface area contributed by atoms with Crippen molar-refractivity contribution in [3.8, 4) is 0 Å². The maximum absolute atomic E-state index is 12.5. The van der Waals surface area contributed by atoms with E-state index >= 15 is 0 Å². The van der Waals surface area contributed by atoms with Crippen LogP contribution < -0.4 is 4.90 Å². The van der Waals surface area contributed by atoms with Crippen LogP contribution in [0.3, 0.4) is 0 Å². The number of hydrogen-bond donors (Lipinski definition) is 0. The van der Waals surface area contributed by atoms with Gasteiger partial charge in [-0.1, -0.05) is 13.8 Å². The average molecular weight is 244 g/mol. The minimum absolute atomic E-state index is 0.319. The molecule has 1 aliphatic heterocycles. The number of hydrogen-bond acceptors (Lipinski definition) is 2. The molecule has 0 fully saturated rings. The summed E-state index contributed by atoms with van der Waals surface area (Å²) in [5, 5.41) is 0. The monoisotopic (exact) mass is 244 g/mol. The number of aromatic nitrogens is 1. The maximum Gasteiger partial charge on any atom is 0.433 e. The molecule has 1 aliphatic rings. The van der Waals surface area contributed by atoms with Crippen LogP contribution in [0.15, 0.2) is 12.1 Å². The van der Waals surface area contributed by atoms with Crippen molar-refractivity contribution in [3.05, 3.63) is 23.5 Å². The predicted molar refractivity (Wildman–Crippen MR) is 55.7 cm³/mol. The van der Waals surface area contributed by atoms with E-state index in [1.807, 2.05) is 0 Å². The standard InChI is InChI=1S/C11H11F3N2O/c1-10(2)5-16(6-17)7-3-4-8(11(12,13)14)15-9(7)10/h3-4,6H,5H2,1-2H3. The molecule has 0 N–H and O–H groups in total. The minimum Gasteiger partial charge on any atom is -0.312 e. The van der Waals surface area contributed by atoms with E-state index in [9.17, 15) is 18.0 Å². The molecule has 0 unspecified atom stereocenters. The fourth-order valence-corrected chi connectivity index (χ4v) is 2.02. The van der Waals surface area contributed by atoms with E-state index in [-0.39, 0.29) is 0 Å². The summed E-state index contributed by atoms with van der Waals surface area (Å²) >= 11 is 0. The zero-order valence-corrected chi connectivity index (χ0v) is 9.38. The molecule has 17 heavy (non-hydrogen) atoms.